The lowest BCUT2D eigenvalue weighted by atomic mass is 10.4. The zero-order chi connectivity index (χ0) is 13.2. The zero-order valence-corrected chi connectivity index (χ0v) is 12.3. The largest absolute Gasteiger partial charge is 0.372 e. The first kappa shape index (κ1) is 13.9. The van der Waals surface area contributed by atoms with Crippen LogP contribution in [0, 0.1) is 0 Å². The Bertz CT molecular complexity index is 530. The molecule has 1 aromatic heterocycles. The molecule has 100 valence electrons. The van der Waals surface area contributed by atoms with Crippen LogP contribution in [0.4, 0.5) is 5.82 Å². The average Bonchev–Trinajstić information content (AvgIpc) is 2.39. The van der Waals surface area contributed by atoms with Gasteiger partial charge in [-0.05, 0) is 6.07 Å². The number of hydrogen-bond acceptors (Lipinski definition) is 5. The number of hydrogen-bond donors (Lipinski definition) is 1. The van der Waals surface area contributed by atoms with Crippen molar-refractivity contribution in [2.45, 2.75) is 4.90 Å². The van der Waals surface area contributed by atoms with Gasteiger partial charge in [0.1, 0.15) is 10.7 Å². The molecule has 0 radical (unpaired) electrons. The van der Waals surface area contributed by atoms with Crippen molar-refractivity contribution in [3.8, 4) is 0 Å². The van der Waals surface area contributed by atoms with Gasteiger partial charge < -0.3 is 5.32 Å². The Morgan fingerprint density at radius 1 is 1.44 bits per heavy atom. The molecule has 1 saturated heterocycles. The van der Waals surface area contributed by atoms with Crippen LogP contribution in [0.15, 0.2) is 17.2 Å². The van der Waals surface area contributed by atoms with E-state index in [0.29, 0.717) is 23.9 Å². The van der Waals surface area contributed by atoms with Crippen molar-refractivity contribution in [3.05, 3.63) is 17.3 Å². The van der Waals surface area contributed by atoms with Gasteiger partial charge in [0.2, 0.25) is 10.0 Å². The summed E-state index contributed by atoms with van der Waals surface area (Å²) in [7, 11) is -1.78. The van der Waals surface area contributed by atoms with Crippen molar-refractivity contribution in [3.63, 3.8) is 0 Å². The van der Waals surface area contributed by atoms with Gasteiger partial charge in [-0.1, -0.05) is 11.6 Å². The minimum atomic E-state index is -3.46. The molecule has 2 heterocycles. The van der Waals surface area contributed by atoms with Gasteiger partial charge in [-0.15, -0.1) is 0 Å². The van der Waals surface area contributed by atoms with Gasteiger partial charge in [0.25, 0.3) is 0 Å². The molecule has 0 atom stereocenters. The average molecular weight is 308 g/mol. The van der Waals surface area contributed by atoms with E-state index in [9.17, 15) is 8.42 Å². The molecule has 0 saturated carbocycles. The molecule has 0 aliphatic carbocycles. The van der Waals surface area contributed by atoms with Gasteiger partial charge in [0, 0.05) is 37.8 Å². The van der Waals surface area contributed by atoms with Crippen molar-refractivity contribution in [1.29, 1.82) is 0 Å². The van der Waals surface area contributed by atoms with Crippen LogP contribution in [0.5, 0.6) is 0 Å². The van der Waals surface area contributed by atoms with Crippen molar-refractivity contribution >= 4 is 39.2 Å². The lowest BCUT2D eigenvalue weighted by Gasteiger charge is -2.25. The van der Waals surface area contributed by atoms with Crippen LogP contribution < -0.4 is 5.32 Å². The molecule has 0 amide bonds. The lowest BCUT2D eigenvalue weighted by molar-refractivity contribution is 0.443. The number of pyridine rings is 1. The molecule has 1 aliphatic rings. The number of nitrogens with zero attached hydrogens (tertiary/aromatic N) is 2. The maximum atomic E-state index is 12.3. The van der Waals surface area contributed by atoms with Crippen molar-refractivity contribution < 1.29 is 8.42 Å². The summed E-state index contributed by atoms with van der Waals surface area (Å²) < 4.78 is 26.2. The Morgan fingerprint density at radius 3 is 2.67 bits per heavy atom. The predicted octanol–water partition coefficient (Wildman–Crippen LogP) is 1.51. The van der Waals surface area contributed by atoms with Gasteiger partial charge in [-0.25, -0.2) is 13.4 Å². The van der Waals surface area contributed by atoms with Crippen LogP contribution in [0.25, 0.3) is 0 Å². The van der Waals surface area contributed by atoms with Crippen LogP contribution in [0.2, 0.25) is 5.02 Å². The second-order valence-electron chi connectivity index (χ2n) is 3.77. The summed E-state index contributed by atoms with van der Waals surface area (Å²) in [5, 5.41) is 3.11. The minimum absolute atomic E-state index is 0.151. The second-order valence-corrected chi connectivity index (χ2v) is 7.34. The van der Waals surface area contributed by atoms with Gasteiger partial charge in [0.15, 0.2) is 0 Å². The maximum Gasteiger partial charge on any atom is 0.244 e. The minimum Gasteiger partial charge on any atom is -0.372 e. The van der Waals surface area contributed by atoms with Gasteiger partial charge in [0.05, 0.1) is 5.02 Å². The van der Waals surface area contributed by atoms with E-state index in [1.807, 2.05) is 0 Å². The molecule has 5 nitrogen and oxygen atoms in total. The molecule has 0 aromatic carbocycles. The van der Waals surface area contributed by atoms with Crippen molar-refractivity contribution in [1.82, 2.24) is 9.29 Å². The van der Waals surface area contributed by atoms with Gasteiger partial charge >= 0.3 is 0 Å². The first-order valence-corrected chi connectivity index (χ1v) is 8.44. The van der Waals surface area contributed by atoms with E-state index in [4.69, 9.17) is 11.6 Å². The Labute approximate surface area is 116 Å². The Kier molecular flexibility index (Phi) is 4.37. The van der Waals surface area contributed by atoms with Crippen LogP contribution >= 0.6 is 23.4 Å². The summed E-state index contributed by atoms with van der Waals surface area (Å²) in [5.74, 6) is 2.13. The molecule has 1 aromatic rings. The number of sulfonamides is 1. The van der Waals surface area contributed by atoms with E-state index < -0.39 is 10.0 Å². The van der Waals surface area contributed by atoms with E-state index in [-0.39, 0.29) is 4.90 Å². The maximum absolute atomic E-state index is 12.3. The number of anilines is 1. The normalized spacial score (nSPS) is 17.7. The Balaban J connectivity index is 2.32. The van der Waals surface area contributed by atoms with E-state index >= 15 is 0 Å². The molecule has 8 heteroatoms. The molecule has 1 fully saturated rings. The second kappa shape index (κ2) is 5.64. The van der Waals surface area contributed by atoms with E-state index in [2.05, 4.69) is 10.3 Å². The lowest BCUT2D eigenvalue weighted by Crippen LogP contribution is -2.37. The highest BCUT2D eigenvalue weighted by molar-refractivity contribution is 7.99. The number of thioether (sulfide) groups is 1. The molecule has 0 spiro atoms. The van der Waals surface area contributed by atoms with Crippen molar-refractivity contribution in [2.24, 2.45) is 0 Å². The summed E-state index contributed by atoms with van der Waals surface area (Å²) in [5.41, 5.74) is 0. The quantitative estimate of drug-likeness (QED) is 0.917. The van der Waals surface area contributed by atoms with Crippen LogP contribution in [0.3, 0.4) is 0 Å². The fraction of sp³-hybridized carbons (Fsp3) is 0.500. The first-order valence-electron chi connectivity index (χ1n) is 5.47. The molecule has 1 aliphatic heterocycles. The molecule has 2 rings (SSSR count). The molecular formula is C10H14ClN3O2S2. The van der Waals surface area contributed by atoms with Crippen LogP contribution in [-0.2, 0) is 10.0 Å². The fourth-order valence-corrected chi connectivity index (χ4v) is 4.56. The van der Waals surface area contributed by atoms with E-state index in [1.165, 1.54) is 16.6 Å². The van der Waals surface area contributed by atoms with E-state index in [1.54, 1.807) is 18.8 Å². The first-order chi connectivity index (χ1) is 8.55. The number of aromatic nitrogens is 1. The Morgan fingerprint density at radius 2 is 2.11 bits per heavy atom. The number of nitrogens with one attached hydrogen (secondary N) is 1. The monoisotopic (exact) mass is 307 g/mol. The summed E-state index contributed by atoms with van der Waals surface area (Å²) in [6.45, 7) is 1.08. The topological polar surface area (TPSA) is 62.3 Å². The van der Waals surface area contributed by atoms with Gasteiger partial charge in [-0.3, -0.25) is 0 Å². The zero-order valence-electron chi connectivity index (χ0n) is 9.89. The third-order valence-electron chi connectivity index (χ3n) is 2.66. The van der Waals surface area contributed by atoms with E-state index in [0.717, 1.165) is 11.5 Å². The summed E-state index contributed by atoms with van der Waals surface area (Å²) in [4.78, 5) is 4.16. The molecular weight excluding hydrogens is 294 g/mol. The SMILES string of the molecule is CNc1ncc(S(=O)(=O)N2CCSCC2)cc1Cl. The molecule has 18 heavy (non-hydrogen) atoms. The number of halogens is 1. The fourth-order valence-electron chi connectivity index (χ4n) is 1.68. The number of rotatable bonds is 3. The highest BCUT2D eigenvalue weighted by Crippen LogP contribution is 2.25. The standard InChI is InChI=1S/C10H14ClN3O2S2/c1-12-10-9(11)6-8(7-13-10)18(15,16)14-2-4-17-5-3-14/h6-7H,2-5H2,1H3,(H,12,13). The van der Waals surface area contributed by atoms with Crippen molar-refractivity contribution in [2.75, 3.05) is 37.0 Å². The molecule has 0 bridgehead atoms. The van der Waals surface area contributed by atoms with Gasteiger partial charge in [-0.2, -0.15) is 16.1 Å². The Hall–Kier alpha value is -0.500. The smallest absolute Gasteiger partial charge is 0.244 e. The summed E-state index contributed by atoms with van der Waals surface area (Å²) >= 11 is 7.72. The summed E-state index contributed by atoms with van der Waals surface area (Å²) in [6.07, 6.45) is 1.34. The summed E-state index contributed by atoms with van der Waals surface area (Å²) in [6, 6.07) is 1.44. The highest BCUT2D eigenvalue weighted by Gasteiger charge is 2.26. The molecule has 1 N–H and O–H groups in total. The molecule has 0 unspecified atom stereocenters. The van der Waals surface area contributed by atoms with Crippen LogP contribution in [0.1, 0.15) is 0 Å². The van der Waals surface area contributed by atoms with Crippen LogP contribution in [-0.4, -0.2) is 49.3 Å². The highest BCUT2D eigenvalue weighted by atomic mass is 35.5. The third kappa shape index (κ3) is 2.74. The third-order valence-corrected chi connectivity index (χ3v) is 5.76. The predicted molar refractivity (Wildman–Crippen MR) is 74.9 cm³/mol.